The summed E-state index contributed by atoms with van der Waals surface area (Å²) >= 11 is 1.23. The van der Waals surface area contributed by atoms with E-state index in [2.05, 4.69) is 5.32 Å². The number of ether oxygens (including phenoxy) is 1. The Morgan fingerprint density at radius 1 is 0.971 bits per heavy atom. The molecular weight excluding hydrogens is 452 g/mol. The SMILES string of the molecule is CCOC(=O)c1cc(-c2ccccc2)sc1NC(=O)[C@H](C(C)C)N1C(=O)c2ccccc2C1=O. The number of benzene rings is 2. The molecule has 1 N–H and O–H groups in total. The van der Waals surface area contributed by atoms with Gasteiger partial charge in [0.2, 0.25) is 5.91 Å². The average molecular weight is 477 g/mol. The lowest BCUT2D eigenvalue weighted by Crippen LogP contribution is -2.50. The minimum atomic E-state index is -1.05. The van der Waals surface area contributed by atoms with Gasteiger partial charge in [-0.05, 0) is 36.6 Å². The third kappa shape index (κ3) is 4.24. The van der Waals surface area contributed by atoms with Crippen molar-refractivity contribution in [3.63, 3.8) is 0 Å². The molecule has 0 unspecified atom stereocenters. The number of esters is 1. The number of anilines is 1. The van der Waals surface area contributed by atoms with Crippen molar-refractivity contribution in [3.8, 4) is 10.4 Å². The van der Waals surface area contributed by atoms with Crippen molar-refractivity contribution in [3.05, 3.63) is 77.4 Å². The number of amides is 3. The normalized spacial score (nSPS) is 13.7. The highest BCUT2D eigenvalue weighted by Crippen LogP contribution is 2.37. The molecule has 0 fully saturated rings. The first-order valence-electron chi connectivity index (χ1n) is 11.0. The number of imide groups is 1. The highest BCUT2D eigenvalue weighted by atomic mass is 32.1. The number of nitrogens with one attached hydrogen (secondary N) is 1. The summed E-state index contributed by atoms with van der Waals surface area (Å²) in [7, 11) is 0. The molecule has 34 heavy (non-hydrogen) atoms. The number of hydrogen-bond donors (Lipinski definition) is 1. The van der Waals surface area contributed by atoms with Gasteiger partial charge in [-0.25, -0.2) is 4.79 Å². The van der Waals surface area contributed by atoms with Gasteiger partial charge in [-0.3, -0.25) is 19.3 Å². The van der Waals surface area contributed by atoms with Crippen molar-refractivity contribution in [1.29, 1.82) is 0 Å². The summed E-state index contributed by atoms with van der Waals surface area (Å²) in [6.45, 7) is 5.43. The van der Waals surface area contributed by atoms with Gasteiger partial charge in [0.25, 0.3) is 11.8 Å². The van der Waals surface area contributed by atoms with Crippen molar-refractivity contribution in [2.75, 3.05) is 11.9 Å². The lowest BCUT2D eigenvalue weighted by Gasteiger charge is -2.28. The Hall–Kier alpha value is -3.78. The van der Waals surface area contributed by atoms with Gasteiger partial charge >= 0.3 is 5.97 Å². The van der Waals surface area contributed by atoms with E-state index in [4.69, 9.17) is 4.74 Å². The number of hydrogen-bond acceptors (Lipinski definition) is 6. The molecule has 1 aliphatic heterocycles. The largest absolute Gasteiger partial charge is 0.462 e. The van der Waals surface area contributed by atoms with Crippen LogP contribution in [0.4, 0.5) is 5.00 Å². The molecule has 174 valence electrons. The fourth-order valence-electron chi connectivity index (χ4n) is 3.95. The molecule has 0 saturated heterocycles. The van der Waals surface area contributed by atoms with E-state index in [0.717, 1.165) is 15.3 Å². The molecule has 8 heteroatoms. The second kappa shape index (κ2) is 9.61. The number of fused-ring (bicyclic) bond motifs is 1. The van der Waals surface area contributed by atoms with Crippen LogP contribution in [0.15, 0.2) is 60.7 Å². The Bertz CT molecular complexity index is 1230. The van der Waals surface area contributed by atoms with Crippen LogP contribution in [0, 0.1) is 5.92 Å². The van der Waals surface area contributed by atoms with E-state index in [-0.39, 0.29) is 29.2 Å². The Balaban J connectivity index is 1.68. The van der Waals surface area contributed by atoms with Gasteiger partial charge in [0.1, 0.15) is 11.0 Å². The molecule has 0 aliphatic carbocycles. The molecule has 4 rings (SSSR count). The Morgan fingerprint density at radius 3 is 2.12 bits per heavy atom. The van der Waals surface area contributed by atoms with Crippen molar-refractivity contribution in [1.82, 2.24) is 4.90 Å². The molecule has 7 nitrogen and oxygen atoms in total. The van der Waals surface area contributed by atoms with Crippen LogP contribution in [-0.4, -0.2) is 41.2 Å². The van der Waals surface area contributed by atoms with Crippen molar-refractivity contribution in [2.24, 2.45) is 5.92 Å². The Kier molecular flexibility index (Phi) is 6.61. The van der Waals surface area contributed by atoms with Gasteiger partial charge in [0.05, 0.1) is 23.3 Å². The summed E-state index contributed by atoms with van der Waals surface area (Å²) in [4.78, 5) is 53.9. The van der Waals surface area contributed by atoms with E-state index >= 15 is 0 Å². The molecule has 0 bridgehead atoms. The molecule has 0 radical (unpaired) electrons. The summed E-state index contributed by atoms with van der Waals surface area (Å²) in [6, 6.07) is 16.6. The molecule has 2 aromatic carbocycles. The predicted molar refractivity (Wildman–Crippen MR) is 130 cm³/mol. The number of thiophene rings is 1. The second-order valence-electron chi connectivity index (χ2n) is 8.14. The maximum Gasteiger partial charge on any atom is 0.341 e. The number of rotatable bonds is 7. The Labute approximate surface area is 201 Å². The number of carbonyl (C=O) groups is 4. The first-order valence-corrected chi connectivity index (χ1v) is 11.8. The van der Waals surface area contributed by atoms with Crippen LogP contribution in [-0.2, 0) is 9.53 Å². The van der Waals surface area contributed by atoms with Crippen molar-refractivity contribution >= 4 is 40.0 Å². The zero-order valence-corrected chi connectivity index (χ0v) is 19.8. The highest BCUT2D eigenvalue weighted by molar-refractivity contribution is 7.20. The summed E-state index contributed by atoms with van der Waals surface area (Å²) < 4.78 is 5.18. The van der Waals surface area contributed by atoms with E-state index in [1.54, 1.807) is 51.1 Å². The highest BCUT2D eigenvalue weighted by Gasteiger charge is 2.44. The molecule has 1 aliphatic rings. The predicted octanol–water partition coefficient (Wildman–Crippen LogP) is 4.85. The number of carbonyl (C=O) groups excluding carboxylic acids is 4. The molecule has 1 aromatic heterocycles. The smallest absolute Gasteiger partial charge is 0.341 e. The minimum absolute atomic E-state index is 0.187. The maximum absolute atomic E-state index is 13.5. The van der Waals surface area contributed by atoms with E-state index in [9.17, 15) is 19.2 Å². The van der Waals surface area contributed by atoms with Gasteiger partial charge in [-0.2, -0.15) is 0 Å². The molecular formula is C26H24N2O5S. The summed E-state index contributed by atoms with van der Waals surface area (Å²) in [5, 5.41) is 3.11. The lowest BCUT2D eigenvalue weighted by molar-refractivity contribution is -0.121. The van der Waals surface area contributed by atoms with Gasteiger partial charge in [-0.15, -0.1) is 11.3 Å². The van der Waals surface area contributed by atoms with Gasteiger partial charge in [0, 0.05) is 4.88 Å². The molecule has 1 atom stereocenters. The van der Waals surface area contributed by atoms with Gasteiger partial charge < -0.3 is 10.1 Å². The number of nitrogens with zero attached hydrogens (tertiary/aromatic N) is 1. The zero-order chi connectivity index (χ0) is 24.4. The van der Waals surface area contributed by atoms with Crippen molar-refractivity contribution < 1.29 is 23.9 Å². The molecule has 0 saturated carbocycles. The maximum atomic E-state index is 13.5. The van der Waals surface area contributed by atoms with Crippen LogP contribution in [0.5, 0.6) is 0 Å². The standard InChI is InChI=1S/C26H24N2O5S/c1-4-33-26(32)19-14-20(16-10-6-5-7-11-16)34-23(19)27-22(29)21(15(2)3)28-24(30)17-12-8-9-13-18(17)25(28)31/h5-15,21H,4H2,1-3H3,(H,27,29)/t21-/m0/s1. The summed E-state index contributed by atoms with van der Waals surface area (Å²) in [6.07, 6.45) is 0. The van der Waals surface area contributed by atoms with Crippen molar-refractivity contribution in [2.45, 2.75) is 26.8 Å². The summed E-state index contributed by atoms with van der Waals surface area (Å²) in [5.74, 6) is -2.47. The van der Waals surface area contributed by atoms with E-state index < -0.39 is 29.7 Å². The third-order valence-electron chi connectivity index (χ3n) is 5.53. The van der Waals surface area contributed by atoms with E-state index in [0.29, 0.717) is 5.00 Å². The molecule has 0 spiro atoms. The van der Waals surface area contributed by atoms with Crippen LogP contribution in [0.2, 0.25) is 0 Å². The van der Waals surface area contributed by atoms with Crippen LogP contribution in [0.25, 0.3) is 10.4 Å². The van der Waals surface area contributed by atoms with Crippen LogP contribution < -0.4 is 5.32 Å². The molecule has 3 amide bonds. The first-order chi connectivity index (χ1) is 16.3. The molecule has 3 aromatic rings. The topological polar surface area (TPSA) is 92.8 Å². The first kappa shape index (κ1) is 23.4. The van der Waals surface area contributed by atoms with E-state index in [1.807, 2.05) is 30.3 Å². The van der Waals surface area contributed by atoms with E-state index in [1.165, 1.54) is 11.3 Å². The third-order valence-corrected chi connectivity index (χ3v) is 6.63. The molecule has 2 heterocycles. The fraction of sp³-hybridized carbons (Fsp3) is 0.231. The lowest BCUT2D eigenvalue weighted by atomic mass is 10.0. The Morgan fingerprint density at radius 2 is 1.56 bits per heavy atom. The fourth-order valence-corrected chi connectivity index (χ4v) is 5.01. The average Bonchev–Trinajstić information content (AvgIpc) is 3.35. The van der Waals surface area contributed by atoms with Gasteiger partial charge in [0.15, 0.2) is 0 Å². The van der Waals surface area contributed by atoms with Crippen LogP contribution in [0.1, 0.15) is 51.8 Å². The summed E-state index contributed by atoms with van der Waals surface area (Å²) in [5.41, 5.74) is 1.67. The monoisotopic (exact) mass is 476 g/mol. The van der Waals surface area contributed by atoms with Crippen LogP contribution >= 0.6 is 11.3 Å². The quantitative estimate of drug-likeness (QED) is 0.389. The minimum Gasteiger partial charge on any atom is -0.462 e. The zero-order valence-electron chi connectivity index (χ0n) is 19.0. The second-order valence-corrected chi connectivity index (χ2v) is 9.20. The van der Waals surface area contributed by atoms with Crippen LogP contribution in [0.3, 0.4) is 0 Å². The van der Waals surface area contributed by atoms with Gasteiger partial charge in [-0.1, -0.05) is 56.3 Å².